The molecule has 13 heteroatoms. The van der Waals surface area contributed by atoms with Crippen LogP contribution < -0.4 is 15.6 Å². The lowest BCUT2D eigenvalue weighted by atomic mass is 10.0. The summed E-state index contributed by atoms with van der Waals surface area (Å²) in [4.78, 5) is 13.7. The zero-order valence-electron chi connectivity index (χ0n) is 31.6. The molecule has 1 aromatic rings. The predicted molar refractivity (Wildman–Crippen MR) is 204 cm³/mol. The molecule has 2 rings (SSSR count). The maximum Gasteiger partial charge on any atom is 0.392 e. The Morgan fingerprint density at radius 2 is 1.68 bits per heavy atom. The summed E-state index contributed by atoms with van der Waals surface area (Å²) < 4.78 is 56.8. The second-order valence-electron chi connectivity index (χ2n) is 9.94. The number of nitrogens with zero attached hydrogens (tertiary/aromatic N) is 5. The third-order valence-electron chi connectivity index (χ3n) is 5.82. The van der Waals surface area contributed by atoms with E-state index in [9.17, 15) is 17.6 Å². The Morgan fingerprint density at radius 3 is 2.18 bits per heavy atom. The van der Waals surface area contributed by atoms with Crippen molar-refractivity contribution >= 4 is 23.7 Å². The lowest BCUT2D eigenvalue weighted by Gasteiger charge is -2.27. The van der Waals surface area contributed by atoms with Gasteiger partial charge < -0.3 is 20.1 Å². The van der Waals surface area contributed by atoms with Gasteiger partial charge in [0.05, 0.1) is 44.4 Å². The van der Waals surface area contributed by atoms with Crippen LogP contribution in [0.4, 0.5) is 29.3 Å². The quantitative estimate of drug-likeness (QED) is 0.0764. The van der Waals surface area contributed by atoms with Crippen LogP contribution in [0.5, 0.6) is 0 Å². The minimum Gasteiger partial charge on any atom is -0.392 e. The number of allylic oxidation sites excluding steroid dienone is 7. The number of aromatic nitrogens is 2. The van der Waals surface area contributed by atoms with Gasteiger partial charge in [0.15, 0.2) is 11.6 Å². The van der Waals surface area contributed by atoms with E-state index in [0.29, 0.717) is 43.3 Å². The molecule has 0 unspecified atom stereocenters. The smallest absolute Gasteiger partial charge is 0.392 e. The van der Waals surface area contributed by atoms with E-state index in [2.05, 4.69) is 64.4 Å². The maximum absolute atomic E-state index is 13.8. The Labute approximate surface area is 298 Å². The summed E-state index contributed by atoms with van der Waals surface area (Å²) >= 11 is 0. The van der Waals surface area contributed by atoms with E-state index in [4.69, 9.17) is 9.84 Å². The molecule has 1 saturated heterocycles. The summed E-state index contributed by atoms with van der Waals surface area (Å²) in [5.41, 5.74) is 5.32. The van der Waals surface area contributed by atoms with E-state index >= 15 is 0 Å². The van der Waals surface area contributed by atoms with E-state index < -0.39 is 18.4 Å². The normalized spacial score (nSPS) is 13.4. The van der Waals surface area contributed by atoms with Gasteiger partial charge >= 0.3 is 6.18 Å². The highest BCUT2D eigenvalue weighted by Crippen LogP contribution is 2.28. The summed E-state index contributed by atoms with van der Waals surface area (Å²) in [7, 11) is 1.67. The number of nitrogens with one attached hydrogen (secondary N) is 2. The average Bonchev–Trinajstić information content (AvgIpc) is 3.12. The SMILES string of the molecule is C=CC(=C)N/C(C)=C/C=C(/CC(=C)/C=C\CO)CC(F)(F)F.CC.CC.CCCC.CN=C(C)/C=N/Nc1ncc(F)c(N2CCOCC2)n1. The number of ether oxygens (including phenoxy) is 1. The van der Waals surface area contributed by atoms with Crippen molar-refractivity contribution in [2.75, 3.05) is 50.3 Å². The van der Waals surface area contributed by atoms with Gasteiger partial charge in [0.1, 0.15) is 0 Å². The van der Waals surface area contributed by atoms with Gasteiger partial charge in [0.2, 0.25) is 5.95 Å². The van der Waals surface area contributed by atoms with Crippen LogP contribution in [-0.2, 0) is 4.74 Å². The molecule has 50 heavy (non-hydrogen) atoms. The lowest BCUT2D eigenvalue weighted by molar-refractivity contribution is -0.127. The fraction of sp³-hybridized carbons (Fsp3) is 0.514. The minimum atomic E-state index is -4.29. The number of aliphatic hydroxyl groups is 1. The van der Waals surface area contributed by atoms with E-state index in [1.807, 2.05) is 39.5 Å². The number of halogens is 4. The summed E-state index contributed by atoms with van der Waals surface area (Å²) in [5.74, 6) is 0.0580. The van der Waals surface area contributed by atoms with Gasteiger partial charge in [-0.25, -0.2) is 14.8 Å². The van der Waals surface area contributed by atoms with E-state index in [-0.39, 0.29) is 30.4 Å². The summed E-state index contributed by atoms with van der Waals surface area (Å²) in [6.07, 6.45) is 7.54. The molecule has 2 heterocycles. The molecule has 0 radical (unpaired) electrons. The van der Waals surface area contributed by atoms with Crippen molar-refractivity contribution in [3.63, 3.8) is 0 Å². The number of aliphatic hydroxyl groups excluding tert-OH is 1. The molecule has 1 fully saturated rings. The molecule has 3 N–H and O–H groups in total. The number of anilines is 2. The Balaban J connectivity index is -0.000000732. The van der Waals surface area contributed by atoms with Gasteiger partial charge in [-0.15, -0.1) is 0 Å². The number of alkyl halides is 3. The highest BCUT2D eigenvalue weighted by atomic mass is 19.4. The fourth-order valence-electron chi connectivity index (χ4n) is 3.25. The number of morpholine rings is 1. The average molecular weight is 712 g/mol. The molecule has 0 atom stereocenters. The van der Waals surface area contributed by atoms with Crippen molar-refractivity contribution in [2.45, 2.75) is 87.2 Å². The van der Waals surface area contributed by atoms with Crippen molar-refractivity contribution in [1.29, 1.82) is 0 Å². The van der Waals surface area contributed by atoms with Crippen molar-refractivity contribution < 1.29 is 27.4 Å². The lowest BCUT2D eigenvalue weighted by Crippen LogP contribution is -2.37. The standard InChI is InChI=1S/C17H22F3NO.C12H17FN6O.C4H10.2C2H6/c1-5-14(3)21-15(4)8-9-16(12-17(18,19)20)11-13(2)7-6-10-22;1-9(14-2)7-16-18-12-15-8-10(13)11(17-12)19-3-5-20-6-4-19;1-3-4-2;2*1-2/h5-9,21-22H,1-3,10-12H2,4H3;7-8H,3-6H2,1-2H3,(H,15,17,18);3-4H2,1-2H3;2*1-2H3/b7-6-,15-8+,16-9-;14-9?,16-7+;;;. The number of rotatable bonds is 14. The molecular weight excluding hydrogens is 650 g/mol. The summed E-state index contributed by atoms with van der Waals surface area (Å²) in [5, 5.41) is 15.5. The second-order valence-corrected chi connectivity index (χ2v) is 9.94. The molecule has 1 aliphatic heterocycles. The van der Waals surface area contributed by atoms with Crippen molar-refractivity contribution in [3.05, 3.63) is 84.7 Å². The molecule has 9 nitrogen and oxygen atoms in total. The third kappa shape index (κ3) is 27.8. The van der Waals surface area contributed by atoms with Gasteiger partial charge in [0.25, 0.3) is 0 Å². The van der Waals surface area contributed by atoms with Gasteiger partial charge in [0, 0.05) is 31.5 Å². The molecule has 284 valence electrons. The van der Waals surface area contributed by atoms with E-state index in [1.165, 1.54) is 37.1 Å². The molecule has 0 aliphatic carbocycles. The minimum absolute atomic E-state index is 0.0855. The number of hydrazone groups is 1. The fourth-order valence-corrected chi connectivity index (χ4v) is 3.25. The van der Waals surface area contributed by atoms with Gasteiger partial charge in [-0.05, 0) is 32.4 Å². The molecule has 0 spiro atoms. The highest BCUT2D eigenvalue weighted by molar-refractivity contribution is 6.29. The molecule has 0 bridgehead atoms. The molecule has 1 aromatic heterocycles. The van der Waals surface area contributed by atoms with E-state index in [0.717, 1.165) is 11.9 Å². The maximum atomic E-state index is 13.8. The summed E-state index contributed by atoms with van der Waals surface area (Å²) in [6.45, 7) is 28.9. The molecule has 0 saturated carbocycles. The van der Waals surface area contributed by atoms with Crippen LogP contribution in [0, 0.1) is 5.82 Å². The molecular formula is C37H61F4N7O2. The zero-order valence-corrected chi connectivity index (χ0v) is 31.6. The van der Waals surface area contributed by atoms with Crippen molar-refractivity contribution in [2.24, 2.45) is 10.1 Å². The topological polar surface area (TPSA) is 107 Å². The van der Waals surface area contributed by atoms with Crippen LogP contribution in [0.1, 0.15) is 81.1 Å². The number of hydrogen-bond acceptors (Lipinski definition) is 9. The van der Waals surface area contributed by atoms with Crippen LogP contribution in [0.3, 0.4) is 0 Å². The van der Waals surface area contributed by atoms with Crippen LogP contribution in [0.15, 0.2) is 88.9 Å². The first kappa shape index (κ1) is 50.3. The molecule has 0 aromatic carbocycles. The van der Waals surface area contributed by atoms with Gasteiger partial charge in [-0.3, -0.25) is 4.99 Å². The second kappa shape index (κ2) is 32.1. The molecule has 1 aliphatic rings. The predicted octanol–water partition coefficient (Wildman–Crippen LogP) is 9.35. The van der Waals surface area contributed by atoms with Crippen LogP contribution in [0.25, 0.3) is 0 Å². The highest BCUT2D eigenvalue weighted by Gasteiger charge is 2.28. The Morgan fingerprint density at radius 1 is 1.08 bits per heavy atom. The van der Waals surface area contributed by atoms with Crippen LogP contribution in [0.2, 0.25) is 0 Å². The van der Waals surface area contributed by atoms with Crippen molar-refractivity contribution in [3.8, 4) is 0 Å². The Bertz CT molecular complexity index is 1230. The number of hydrogen-bond donors (Lipinski definition) is 3. The van der Waals surface area contributed by atoms with Crippen LogP contribution >= 0.6 is 0 Å². The first-order valence-corrected chi connectivity index (χ1v) is 16.8. The van der Waals surface area contributed by atoms with E-state index in [1.54, 1.807) is 26.3 Å². The van der Waals surface area contributed by atoms with Crippen molar-refractivity contribution in [1.82, 2.24) is 15.3 Å². The number of unbranched alkanes of at least 4 members (excludes halogenated alkanes) is 1. The van der Waals surface area contributed by atoms with Crippen LogP contribution in [-0.4, -0.2) is 73.1 Å². The molecule has 0 amide bonds. The first-order chi connectivity index (χ1) is 23.8. The monoisotopic (exact) mass is 711 g/mol. The number of aliphatic imine (C=N–C) groups is 1. The first-order valence-electron chi connectivity index (χ1n) is 16.8. The largest absolute Gasteiger partial charge is 0.392 e. The van der Waals surface area contributed by atoms with Gasteiger partial charge in [-0.2, -0.15) is 23.3 Å². The zero-order chi connectivity index (χ0) is 39.0. The Kier molecular flexibility index (Phi) is 32.3. The Hall–Kier alpha value is -4.10. The third-order valence-corrected chi connectivity index (χ3v) is 5.82. The van der Waals surface area contributed by atoms with Gasteiger partial charge in [-0.1, -0.05) is 103 Å². The summed E-state index contributed by atoms with van der Waals surface area (Å²) in [6, 6.07) is 0.